The van der Waals surface area contributed by atoms with E-state index in [1.54, 1.807) is 97.1 Å². The Morgan fingerprint density at radius 3 is 0.939 bits per heavy atom. The van der Waals surface area contributed by atoms with Crippen LogP contribution in [0.5, 0.6) is 23.0 Å². The molecule has 0 aliphatic carbocycles. The molecule has 4 heteroatoms. The first kappa shape index (κ1) is 32.3. The van der Waals surface area contributed by atoms with Crippen molar-refractivity contribution in [2.75, 3.05) is 0 Å². The van der Waals surface area contributed by atoms with Crippen molar-refractivity contribution in [3.63, 3.8) is 0 Å². The lowest BCUT2D eigenvalue weighted by atomic mass is 9.78. The van der Waals surface area contributed by atoms with Crippen LogP contribution < -0.4 is 9.47 Å². The number of carbonyl (C=O) groups is 2. The smallest absolute Gasteiger partial charge is 0.193 e. The quantitative estimate of drug-likeness (QED) is 0.111. The summed E-state index contributed by atoms with van der Waals surface area (Å²) in [6.45, 7) is 4.34. The van der Waals surface area contributed by atoms with Crippen LogP contribution in [0.1, 0.15) is 67.9 Å². The molecule has 0 heterocycles. The van der Waals surface area contributed by atoms with E-state index >= 15 is 0 Å². The van der Waals surface area contributed by atoms with Crippen molar-refractivity contribution in [2.24, 2.45) is 0 Å². The molecular weight excluding hydrogens is 604 g/mol. The standard InChI is InChI=1S/C45H32O4/c1-5-31-7-11-33(12-8-31)43(46)35-15-23-39(24-16-35)48-41-27-19-37(20-28-41)45(3,4)38-21-29-42(30-22-38)49-40-25-17-36(18-26-40)44(47)34-13-9-32(6-2)10-14-34/h1-2,7-30H,3-4H3. The van der Waals surface area contributed by atoms with Crippen LogP contribution in [-0.4, -0.2) is 11.6 Å². The summed E-state index contributed by atoms with van der Waals surface area (Å²) in [5.41, 5.74) is 5.74. The van der Waals surface area contributed by atoms with Gasteiger partial charge in [0.15, 0.2) is 11.6 Å². The average Bonchev–Trinajstić information content (AvgIpc) is 3.15. The SMILES string of the molecule is C#Cc1ccc(C(=O)c2ccc(Oc3ccc(C(C)(C)c4ccc(Oc5ccc(C(=O)c6ccc(C#C)cc6)cc5)cc4)cc3)cc2)cc1. The van der Waals surface area contributed by atoms with Crippen LogP contribution >= 0.6 is 0 Å². The van der Waals surface area contributed by atoms with Crippen molar-refractivity contribution in [3.8, 4) is 47.7 Å². The van der Waals surface area contributed by atoms with E-state index in [1.807, 2.05) is 24.3 Å². The van der Waals surface area contributed by atoms with Crippen LogP contribution in [0, 0.1) is 24.7 Å². The highest BCUT2D eigenvalue weighted by molar-refractivity contribution is 6.09. The maximum absolute atomic E-state index is 12.8. The van der Waals surface area contributed by atoms with Gasteiger partial charge in [0.05, 0.1) is 0 Å². The summed E-state index contributed by atoms with van der Waals surface area (Å²) < 4.78 is 12.1. The summed E-state index contributed by atoms with van der Waals surface area (Å²) in [7, 11) is 0. The topological polar surface area (TPSA) is 52.6 Å². The monoisotopic (exact) mass is 636 g/mol. The van der Waals surface area contributed by atoms with Gasteiger partial charge < -0.3 is 9.47 Å². The first-order valence-electron chi connectivity index (χ1n) is 15.7. The third-order valence-electron chi connectivity index (χ3n) is 8.48. The molecule has 6 aromatic carbocycles. The molecule has 0 saturated heterocycles. The van der Waals surface area contributed by atoms with Crippen LogP contribution in [0.25, 0.3) is 0 Å². The van der Waals surface area contributed by atoms with E-state index in [4.69, 9.17) is 22.3 Å². The minimum Gasteiger partial charge on any atom is -0.457 e. The van der Waals surface area contributed by atoms with E-state index < -0.39 is 0 Å². The number of benzene rings is 6. The van der Waals surface area contributed by atoms with Gasteiger partial charge in [-0.15, -0.1) is 12.8 Å². The highest BCUT2D eigenvalue weighted by Gasteiger charge is 2.23. The molecule has 0 radical (unpaired) electrons. The van der Waals surface area contributed by atoms with Crippen LogP contribution in [0.3, 0.4) is 0 Å². The number of carbonyl (C=O) groups excluding carboxylic acids is 2. The first-order chi connectivity index (χ1) is 23.7. The fourth-order valence-corrected chi connectivity index (χ4v) is 5.44. The molecule has 0 fully saturated rings. The molecule has 0 spiro atoms. The van der Waals surface area contributed by atoms with Crippen molar-refractivity contribution in [3.05, 3.63) is 190 Å². The summed E-state index contributed by atoms with van der Waals surface area (Å²) in [6.07, 6.45) is 10.8. The molecule has 0 unspecified atom stereocenters. The fraction of sp³-hybridized carbons (Fsp3) is 0.0667. The van der Waals surface area contributed by atoms with E-state index in [-0.39, 0.29) is 17.0 Å². The van der Waals surface area contributed by atoms with Crippen LogP contribution in [-0.2, 0) is 5.41 Å². The zero-order valence-corrected chi connectivity index (χ0v) is 27.1. The molecule has 0 aliphatic rings. The van der Waals surface area contributed by atoms with Crippen molar-refractivity contribution in [1.29, 1.82) is 0 Å². The number of ether oxygens (including phenoxy) is 2. The lowest BCUT2D eigenvalue weighted by Crippen LogP contribution is -2.18. The largest absolute Gasteiger partial charge is 0.457 e. The molecule has 0 aromatic heterocycles. The van der Waals surface area contributed by atoms with Gasteiger partial charge in [-0.2, -0.15) is 0 Å². The van der Waals surface area contributed by atoms with Crippen LogP contribution in [0.2, 0.25) is 0 Å². The Morgan fingerprint density at radius 2 is 0.673 bits per heavy atom. The normalized spacial score (nSPS) is 10.8. The first-order valence-corrected chi connectivity index (χ1v) is 15.7. The zero-order chi connectivity index (χ0) is 34.4. The zero-order valence-electron chi connectivity index (χ0n) is 27.1. The number of hydrogen-bond acceptors (Lipinski definition) is 4. The summed E-state index contributed by atoms with van der Waals surface area (Å²) in [5, 5.41) is 0. The third kappa shape index (κ3) is 7.36. The Balaban J connectivity index is 1.06. The molecule has 6 aromatic rings. The molecule has 0 N–H and O–H groups in total. The molecule has 0 atom stereocenters. The van der Waals surface area contributed by atoms with Gasteiger partial charge in [-0.25, -0.2) is 0 Å². The minimum absolute atomic E-state index is 0.0760. The Morgan fingerprint density at radius 1 is 0.429 bits per heavy atom. The summed E-state index contributed by atoms with van der Waals surface area (Å²) in [5.74, 6) is 7.63. The molecule has 0 aliphatic heterocycles. The Kier molecular flexibility index (Phi) is 9.25. The molecule has 0 amide bonds. The van der Waals surface area contributed by atoms with Gasteiger partial charge in [0, 0.05) is 38.8 Å². The third-order valence-corrected chi connectivity index (χ3v) is 8.48. The van der Waals surface area contributed by atoms with E-state index in [1.165, 1.54) is 0 Å². The van der Waals surface area contributed by atoms with Crippen molar-refractivity contribution in [2.45, 2.75) is 19.3 Å². The number of rotatable bonds is 10. The fourth-order valence-electron chi connectivity index (χ4n) is 5.44. The highest BCUT2D eigenvalue weighted by Crippen LogP contribution is 2.35. The van der Waals surface area contributed by atoms with Gasteiger partial charge in [-0.1, -0.05) is 50.0 Å². The van der Waals surface area contributed by atoms with Crippen LogP contribution in [0.15, 0.2) is 146 Å². The molecule has 0 saturated carbocycles. The summed E-state index contributed by atoms with van der Waals surface area (Å²) in [6, 6.07) is 44.2. The van der Waals surface area contributed by atoms with E-state index in [2.05, 4.69) is 50.0 Å². The van der Waals surface area contributed by atoms with Gasteiger partial charge in [-0.05, 0) is 132 Å². The van der Waals surface area contributed by atoms with Gasteiger partial charge in [0.2, 0.25) is 0 Å². The molecule has 236 valence electrons. The van der Waals surface area contributed by atoms with Crippen molar-refractivity contribution >= 4 is 11.6 Å². The van der Waals surface area contributed by atoms with Gasteiger partial charge in [0.1, 0.15) is 23.0 Å². The average molecular weight is 637 g/mol. The van der Waals surface area contributed by atoms with E-state index in [0.717, 1.165) is 22.3 Å². The minimum atomic E-state index is -0.280. The molecule has 49 heavy (non-hydrogen) atoms. The number of terminal acetylenes is 2. The van der Waals surface area contributed by atoms with E-state index in [9.17, 15) is 9.59 Å². The number of ketones is 2. The Hall–Kier alpha value is -6.62. The maximum Gasteiger partial charge on any atom is 0.193 e. The molecule has 6 rings (SSSR count). The van der Waals surface area contributed by atoms with Crippen molar-refractivity contribution in [1.82, 2.24) is 0 Å². The van der Waals surface area contributed by atoms with E-state index in [0.29, 0.717) is 45.3 Å². The second-order valence-corrected chi connectivity index (χ2v) is 12.0. The van der Waals surface area contributed by atoms with Gasteiger partial charge in [0.25, 0.3) is 0 Å². The van der Waals surface area contributed by atoms with Gasteiger partial charge in [-0.3, -0.25) is 9.59 Å². The summed E-state index contributed by atoms with van der Waals surface area (Å²) >= 11 is 0. The highest BCUT2D eigenvalue weighted by atomic mass is 16.5. The van der Waals surface area contributed by atoms with Crippen molar-refractivity contribution < 1.29 is 19.1 Å². The number of hydrogen-bond donors (Lipinski definition) is 0. The van der Waals surface area contributed by atoms with Crippen LogP contribution in [0.4, 0.5) is 0 Å². The maximum atomic E-state index is 12.8. The predicted octanol–water partition coefficient (Wildman–Crippen LogP) is 10.0. The lowest BCUT2D eigenvalue weighted by molar-refractivity contribution is 0.103. The second-order valence-electron chi connectivity index (χ2n) is 12.0. The Bertz CT molecular complexity index is 2020. The molecule has 4 nitrogen and oxygen atoms in total. The van der Waals surface area contributed by atoms with Gasteiger partial charge >= 0.3 is 0 Å². The summed E-state index contributed by atoms with van der Waals surface area (Å²) in [4.78, 5) is 25.7. The molecular formula is C45H32O4. The molecule has 0 bridgehead atoms. The lowest BCUT2D eigenvalue weighted by Gasteiger charge is -2.26. The predicted molar refractivity (Wildman–Crippen MR) is 194 cm³/mol. The Labute approximate surface area is 287 Å². The second kappa shape index (κ2) is 14.0.